The van der Waals surface area contributed by atoms with Gasteiger partial charge in [-0.15, -0.1) is 0 Å². The van der Waals surface area contributed by atoms with Crippen LogP contribution in [0.3, 0.4) is 0 Å². The summed E-state index contributed by atoms with van der Waals surface area (Å²) < 4.78 is 25.9. The molecular weight excluding hydrogens is 254 g/mol. The molecule has 0 N–H and O–H groups in total. The van der Waals surface area contributed by atoms with Gasteiger partial charge in [0.2, 0.25) is 10.0 Å². The summed E-state index contributed by atoms with van der Waals surface area (Å²) in [7, 11) is -2.95. The Bertz CT molecular complexity index is 469. The smallest absolute Gasteiger partial charge is 0.212 e. The lowest BCUT2D eigenvalue weighted by atomic mass is 9.92. The van der Waals surface area contributed by atoms with Crippen LogP contribution >= 0.6 is 11.3 Å². The van der Waals surface area contributed by atoms with Gasteiger partial charge in [-0.25, -0.2) is 12.7 Å². The molecule has 0 aromatic carbocycles. The van der Waals surface area contributed by atoms with Gasteiger partial charge in [-0.3, -0.25) is 0 Å². The van der Waals surface area contributed by atoms with Gasteiger partial charge in [-0.1, -0.05) is 0 Å². The lowest BCUT2D eigenvalue weighted by Gasteiger charge is -2.31. The van der Waals surface area contributed by atoms with Crippen LogP contribution in [0.1, 0.15) is 37.2 Å². The summed E-state index contributed by atoms with van der Waals surface area (Å²) >= 11 is 1.72. The summed E-state index contributed by atoms with van der Waals surface area (Å²) in [5.74, 6) is 0.562. The first-order valence-electron chi connectivity index (χ1n) is 6.19. The maximum absolute atomic E-state index is 12.1. The topological polar surface area (TPSA) is 37.4 Å². The first-order chi connectivity index (χ1) is 8.18. The highest BCUT2D eigenvalue weighted by Crippen LogP contribution is 2.35. The average molecular weight is 271 g/mol. The average Bonchev–Trinajstić information content (AvgIpc) is 3.07. The number of hydrogen-bond donors (Lipinski definition) is 0. The summed E-state index contributed by atoms with van der Waals surface area (Å²) in [4.78, 5) is 0. The third-order valence-electron chi connectivity index (χ3n) is 3.77. The number of nitrogens with zero attached hydrogens (tertiary/aromatic N) is 1. The lowest BCUT2D eigenvalue weighted by Crippen LogP contribution is -2.39. The van der Waals surface area contributed by atoms with Crippen LogP contribution in [0.2, 0.25) is 0 Å². The van der Waals surface area contributed by atoms with E-state index in [-0.39, 0.29) is 5.25 Å². The fourth-order valence-corrected chi connectivity index (χ4v) is 5.14. The SMILES string of the molecule is O=S(=O)(C1CC1)N1CCC(c2ccsc2)CC1. The van der Waals surface area contributed by atoms with Crippen LogP contribution in [0, 0.1) is 0 Å². The Kier molecular flexibility index (Phi) is 3.00. The van der Waals surface area contributed by atoms with Gasteiger partial charge in [0.1, 0.15) is 0 Å². The van der Waals surface area contributed by atoms with Crippen molar-refractivity contribution in [2.75, 3.05) is 13.1 Å². The molecule has 3 nitrogen and oxygen atoms in total. The zero-order valence-corrected chi connectivity index (χ0v) is 11.3. The number of rotatable bonds is 3. The molecule has 17 heavy (non-hydrogen) atoms. The second kappa shape index (κ2) is 4.37. The number of thiophene rings is 1. The highest BCUT2D eigenvalue weighted by atomic mass is 32.2. The standard InChI is InChI=1S/C12H17NO2S2/c14-17(15,12-1-2-12)13-6-3-10(4-7-13)11-5-8-16-9-11/h5,8-10,12H,1-4,6-7H2. The molecule has 1 aromatic heterocycles. The van der Waals surface area contributed by atoms with E-state index in [0.29, 0.717) is 19.0 Å². The van der Waals surface area contributed by atoms with Crippen molar-refractivity contribution in [3.05, 3.63) is 22.4 Å². The molecule has 1 aliphatic carbocycles. The molecule has 0 atom stereocenters. The Labute approximate surface area is 107 Å². The van der Waals surface area contributed by atoms with Gasteiger partial charge in [0.05, 0.1) is 5.25 Å². The molecule has 2 fully saturated rings. The van der Waals surface area contributed by atoms with Gasteiger partial charge < -0.3 is 0 Å². The first kappa shape index (κ1) is 11.7. The minimum absolute atomic E-state index is 0.0554. The fraction of sp³-hybridized carbons (Fsp3) is 0.667. The third-order valence-corrected chi connectivity index (χ3v) is 6.87. The quantitative estimate of drug-likeness (QED) is 0.846. The Hall–Kier alpha value is -0.390. The van der Waals surface area contributed by atoms with Crippen molar-refractivity contribution in [3.8, 4) is 0 Å². The molecular formula is C12H17NO2S2. The van der Waals surface area contributed by atoms with Crippen LogP contribution in [0.4, 0.5) is 0 Å². The van der Waals surface area contributed by atoms with Crippen LogP contribution < -0.4 is 0 Å². The van der Waals surface area contributed by atoms with Crippen molar-refractivity contribution in [2.24, 2.45) is 0 Å². The maximum atomic E-state index is 12.1. The van der Waals surface area contributed by atoms with Gasteiger partial charge in [0.15, 0.2) is 0 Å². The van der Waals surface area contributed by atoms with E-state index >= 15 is 0 Å². The van der Waals surface area contributed by atoms with Crippen molar-refractivity contribution in [3.63, 3.8) is 0 Å². The van der Waals surface area contributed by atoms with Crippen LogP contribution in [-0.4, -0.2) is 31.1 Å². The Morgan fingerprint density at radius 2 is 1.88 bits per heavy atom. The molecule has 0 unspecified atom stereocenters. The minimum atomic E-state index is -2.95. The molecule has 1 aliphatic heterocycles. The van der Waals surface area contributed by atoms with E-state index in [1.165, 1.54) is 5.56 Å². The van der Waals surface area contributed by atoms with E-state index in [9.17, 15) is 8.42 Å². The summed E-state index contributed by atoms with van der Waals surface area (Å²) in [5, 5.41) is 4.23. The van der Waals surface area contributed by atoms with Crippen molar-refractivity contribution >= 4 is 21.4 Å². The van der Waals surface area contributed by atoms with E-state index in [4.69, 9.17) is 0 Å². The zero-order valence-electron chi connectivity index (χ0n) is 9.71. The lowest BCUT2D eigenvalue weighted by molar-refractivity contribution is 0.319. The van der Waals surface area contributed by atoms with Crippen LogP contribution in [0.5, 0.6) is 0 Å². The zero-order chi connectivity index (χ0) is 11.9. The van der Waals surface area contributed by atoms with Crippen molar-refractivity contribution < 1.29 is 8.42 Å². The number of hydrogen-bond acceptors (Lipinski definition) is 3. The summed E-state index contributed by atoms with van der Waals surface area (Å²) in [5.41, 5.74) is 1.39. The Morgan fingerprint density at radius 1 is 1.18 bits per heavy atom. The minimum Gasteiger partial charge on any atom is -0.212 e. The summed E-state index contributed by atoms with van der Waals surface area (Å²) in [6.07, 6.45) is 3.69. The molecule has 1 aromatic rings. The van der Waals surface area contributed by atoms with Gasteiger partial charge in [0.25, 0.3) is 0 Å². The second-order valence-corrected chi connectivity index (χ2v) is 7.97. The van der Waals surface area contributed by atoms with Gasteiger partial charge in [-0.2, -0.15) is 11.3 Å². The molecule has 2 heterocycles. The van der Waals surface area contributed by atoms with Crippen molar-refractivity contribution in [1.29, 1.82) is 0 Å². The van der Waals surface area contributed by atoms with Gasteiger partial charge >= 0.3 is 0 Å². The predicted molar refractivity (Wildman–Crippen MR) is 69.8 cm³/mol. The molecule has 3 rings (SSSR count). The molecule has 0 radical (unpaired) electrons. The van der Waals surface area contributed by atoms with E-state index in [1.807, 2.05) is 0 Å². The highest BCUT2D eigenvalue weighted by Gasteiger charge is 2.41. The van der Waals surface area contributed by atoms with Crippen molar-refractivity contribution in [2.45, 2.75) is 36.9 Å². The van der Waals surface area contributed by atoms with Crippen LogP contribution in [0.25, 0.3) is 0 Å². The molecule has 1 saturated carbocycles. The second-order valence-electron chi connectivity index (χ2n) is 4.97. The molecule has 5 heteroatoms. The summed E-state index contributed by atoms with van der Waals surface area (Å²) in [6.45, 7) is 1.42. The number of piperidine rings is 1. The normalized spacial score (nSPS) is 24.0. The van der Waals surface area contributed by atoms with E-state index < -0.39 is 10.0 Å². The molecule has 0 spiro atoms. The largest absolute Gasteiger partial charge is 0.216 e. The fourth-order valence-electron chi connectivity index (χ4n) is 2.53. The Balaban J connectivity index is 1.64. The monoisotopic (exact) mass is 271 g/mol. The van der Waals surface area contributed by atoms with Crippen LogP contribution in [0.15, 0.2) is 16.8 Å². The third kappa shape index (κ3) is 2.28. The maximum Gasteiger partial charge on any atom is 0.216 e. The van der Waals surface area contributed by atoms with Gasteiger partial charge in [-0.05, 0) is 54.0 Å². The molecule has 1 saturated heterocycles. The van der Waals surface area contributed by atoms with Crippen molar-refractivity contribution in [1.82, 2.24) is 4.31 Å². The van der Waals surface area contributed by atoms with Crippen LogP contribution in [-0.2, 0) is 10.0 Å². The predicted octanol–water partition coefficient (Wildman–Crippen LogP) is 2.42. The first-order valence-corrected chi connectivity index (χ1v) is 8.63. The van der Waals surface area contributed by atoms with E-state index in [0.717, 1.165) is 25.7 Å². The molecule has 0 amide bonds. The molecule has 94 valence electrons. The van der Waals surface area contributed by atoms with E-state index in [2.05, 4.69) is 16.8 Å². The Morgan fingerprint density at radius 3 is 2.41 bits per heavy atom. The number of sulfonamides is 1. The molecule has 2 aliphatic rings. The molecule has 0 bridgehead atoms. The highest BCUT2D eigenvalue weighted by molar-refractivity contribution is 7.90. The summed E-state index contributed by atoms with van der Waals surface area (Å²) in [6, 6.07) is 2.17. The van der Waals surface area contributed by atoms with E-state index in [1.54, 1.807) is 15.6 Å². The van der Waals surface area contributed by atoms with Gasteiger partial charge in [0, 0.05) is 13.1 Å².